The average Bonchev–Trinajstić information content (AvgIpc) is 2.68. The molecule has 3 rings (SSSR count). The second-order valence-corrected chi connectivity index (χ2v) is 6.47. The Morgan fingerprint density at radius 3 is 2.46 bits per heavy atom. The van der Waals surface area contributed by atoms with Crippen molar-refractivity contribution in [3.63, 3.8) is 0 Å². The number of hydrogen-bond acceptors (Lipinski definition) is 3. The topological polar surface area (TPSA) is 58.6 Å². The van der Waals surface area contributed by atoms with E-state index in [0.717, 1.165) is 18.4 Å². The number of nitrogens with one attached hydrogen (secondary N) is 1. The van der Waals surface area contributed by atoms with Crippen LogP contribution in [0.5, 0.6) is 0 Å². The lowest BCUT2D eigenvalue weighted by atomic mass is 9.97. The minimum atomic E-state index is -0.697. The number of benzene rings is 2. The van der Waals surface area contributed by atoms with Crippen LogP contribution in [-0.2, 0) is 20.7 Å². The summed E-state index contributed by atoms with van der Waals surface area (Å²) < 4.78 is 5.60. The molecule has 1 fully saturated rings. The lowest BCUT2D eigenvalue weighted by molar-refractivity contribution is -0.162. The van der Waals surface area contributed by atoms with Gasteiger partial charge in [-0.15, -0.1) is 0 Å². The molecule has 2 amide bonds. The molecule has 2 aromatic rings. The fourth-order valence-corrected chi connectivity index (χ4v) is 3.23. The molecule has 26 heavy (non-hydrogen) atoms. The fourth-order valence-electron chi connectivity index (χ4n) is 3.23. The van der Waals surface area contributed by atoms with E-state index in [2.05, 4.69) is 17.4 Å². The monoisotopic (exact) mass is 352 g/mol. The lowest BCUT2D eigenvalue weighted by Crippen LogP contribution is -2.53. The van der Waals surface area contributed by atoms with Gasteiger partial charge in [0.15, 0.2) is 6.10 Å². The van der Waals surface area contributed by atoms with E-state index in [-0.39, 0.29) is 18.4 Å². The van der Waals surface area contributed by atoms with Crippen LogP contribution >= 0.6 is 0 Å². The first-order valence-electron chi connectivity index (χ1n) is 8.90. The van der Waals surface area contributed by atoms with Crippen molar-refractivity contribution in [2.75, 3.05) is 20.2 Å². The molecule has 5 nitrogen and oxygen atoms in total. The number of carbonyl (C=O) groups excluding carboxylic acids is 2. The highest BCUT2D eigenvalue weighted by Gasteiger charge is 2.39. The van der Waals surface area contributed by atoms with Gasteiger partial charge in [0, 0.05) is 13.6 Å². The number of likely N-dealkylation sites (N-methyl/N-ethyl adjacent to an activating group) is 1. The summed E-state index contributed by atoms with van der Waals surface area (Å²) in [6.07, 6.45) is 1.07. The van der Waals surface area contributed by atoms with Crippen molar-refractivity contribution in [2.24, 2.45) is 0 Å². The second kappa shape index (κ2) is 8.63. The summed E-state index contributed by atoms with van der Waals surface area (Å²) >= 11 is 0. The van der Waals surface area contributed by atoms with Crippen molar-refractivity contribution < 1.29 is 14.3 Å². The standard InChI is InChI=1S/C21H24N2O3/c1-23-18(24)15-26-20(19(23)17-12-6-3-7-13-17)21(25)22-14-8-11-16-9-4-2-5-10-16/h2-7,9-10,12-13,19-20H,8,11,14-15H2,1H3,(H,22,25)/t19-,20+/m0/s1. The van der Waals surface area contributed by atoms with Crippen molar-refractivity contribution in [3.05, 3.63) is 71.8 Å². The van der Waals surface area contributed by atoms with Crippen LogP contribution in [0.4, 0.5) is 0 Å². The molecule has 1 aliphatic heterocycles. The highest BCUT2D eigenvalue weighted by Crippen LogP contribution is 2.29. The maximum absolute atomic E-state index is 12.7. The summed E-state index contributed by atoms with van der Waals surface area (Å²) in [6, 6.07) is 19.3. The zero-order valence-corrected chi connectivity index (χ0v) is 14.9. The molecule has 0 saturated carbocycles. The van der Waals surface area contributed by atoms with Crippen LogP contribution in [0.1, 0.15) is 23.6 Å². The number of ether oxygens (including phenoxy) is 1. The maximum atomic E-state index is 12.7. The predicted octanol–water partition coefficient (Wildman–Crippen LogP) is 2.33. The van der Waals surface area contributed by atoms with Gasteiger partial charge in [0.1, 0.15) is 6.61 Å². The smallest absolute Gasteiger partial charge is 0.251 e. The highest BCUT2D eigenvalue weighted by molar-refractivity contribution is 5.86. The van der Waals surface area contributed by atoms with Crippen LogP contribution in [0, 0.1) is 0 Å². The largest absolute Gasteiger partial charge is 0.356 e. The maximum Gasteiger partial charge on any atom is 0.251 e. The van der Waals surface area contributed by atoms with Crippen molar-refractivity contribution in [1.29, 1.82) is 0 Å². The van der Waals surface area contributed by atoms with Crippen LogP contribution in [-0.4, -0.2) is 43.0 Å². The number of rotatable bonds is 6. The van der Waals surface area contributed by atoms with E-state index >= 15 is 0 Å². The fraction of sp³-hybridized carbons (Fsp3) is 0.333. The molecule has 0 aromatic heterocycles. The van der Waals surface area contributed by atoms with E-state index in [1.165, 1.54) is 5.56 Å². The van der Waals surface area contributed by atoms with Crippen LogP contribution < -0.4 is 5.32 Å². The van der Waals surface area contributed by atoms with E-state index in [1.807, 2.05) is 48.5 Å². The number of amides is 2. The first-order valence-corrected chi connectivity index (χ1v) is 8.90. The van der Waals surface area contributed by atoms with Crippen LogP contribution in [0.25, 0.3) is 0 Å². The molecule has 5 heteroatoms. The number of aryl methyl sites for hydroxylation is 1. The summed E-state index contributed by atoms with van der Waals surface area (Å²) in [7, 11) is 1.72. The normalized spacial score (nSPS) is 20.0. The molecule has 0 bridgehead atoms. The van der Waals surface area contributed by atoms with E-state index in [9.17, 15) is 9.59 Å². The molecule has 136 valence electrons. The molecule has 1 saturated heterocycles. The molecular weight excluding hydrogens is 328 g/mol. The molecule has 1 heterocycles. The van der Waals surface area contributed by atoms with Gasteiger partial charge >= 0.3 is 0 Å². The Labute approximate surface area is 154 Å². The second-order valence-electron chi connectivity index (χ2n) is 6.47. The highest BCUT2D eigenvalue weighted by atomic mass is 16.5. The third kappa shape index (κ3) is 4.29. The van der Waals surface area contributed by atoms with Crippen molar-refractivity contribution in [3.8, 4) is 0 Å². The van der Waals surface area contributed by atoms with E-state index in [4.69, 9.17) is 4.74 Å². The van der Waals surface area contributed by atoms with E-state index in [1.54, 1.807) is 11.9 Å². The van der Waals surface area contributed by atoms with Crippen LogP contribution in [0.3, 0.4) is 0 Å². The Bertz CT molecular complexity index is 733. The Kier molecular flexibility index (Phi) is 6.02. The van der Waals surface area contributed by atoms with Gasteiger partial charge in [0.05, 0.1) is 6.04 Å². The Morgan fingerprint density at radius 2 is 1.77 bits per heavy atom. The minimum Gasteiger partial charge on any atom is -0.356 e. The predicted molar refractivity (Wildman–Crippen MR) is 99.5 cm³/mol. The summed E-state index contributed by atoms with van der Waals surface area (Å²) in [5, 5.41) is 2.96. The number of carbonyl (C=O) groups is 2. The lowest BCUT2D eigenvalue weighted by Gasteiger charge is -2.38. The quantitative estimate of drug-likeness (QED) is 0.812. The van der Waals surface area contributed by atoms with E-state index < -0.39 is 12.1 Å². The van der Waals surface area contributed by atoms with Gasteiger partial charge in [-0.2, -0.15) is 0 Å². The molecule has 0 aliphatic carbocycles. The van der Waals surface area contributed by atoms with E-state index in [0.29, 0.717) is 6.54 Å². The summed E-state index contributed by atoms with van der Waals surface area (Å²) in [6.45, 7) is 0.509. The third-order valence-corrected chi connectivity index (χ3v) is 4.67. The molecular formula is C21H24N2O3. The van der Waals surface area contributed by atoms with Crippen LogP contribution in [0.15, 0.2) is 60.7 Å². The van der Waals surface area contributed by atoms with Crippen LogP contribution in [0.2, 0.25) is 0 Å². The first kappa shape index (κ1) is 18.1. The van der Waals surface area contributed by atoms with Crippen molar-refractivity contribution in [1.82, 2.24) is 10.2 Å². The zero-order chi connectivity index (χ0) is 18.4. The molecule has 2 atom stereocenters. The minimum absolute atomic E-state index is 0.0675. The molecule has 2 aromatic carbocycles. The van der Waals surface area contributed by atoms with Gasteiger partial charge in [-0.05, 0) is 24.0 Å². The zero-order valence-electron chi connectivity index (χ0n) is 14.9. The van der Waals surface area contributed by atoms with Gasteiger partial charge in [0.25, 0.3) is 5.91 Å². The Balaban J connectivity index is 1.60. The van der Waals surface area contributed by atoms with Gasteiger partial charge in [-0.25, -0.2) is 0 Å². The average molecular weight is 352 g/mol. The van der Waals surface area contributed by atoms with Gasteiger partial charge in [-0.1, -0.05) is 60.7 Å². The molecule has 0 unspecified atom stereocenters. The van der Waals surface area contributed by atoms with Gasteiger partial charge in [0.2, 0.25) is 5.91 Å². The number of hydrogen-bond donors (Lipinski definition) is 1. The van der Waals surface area contributed by atoms with Gasteiger partial charge in [-0.3, -0.25) is 9.59 Å². The summed E-state index contributed by atoms with van der Waals surface area (Å²) in [4.78, 5) is 26.3. The van der Waals surface area contributed by atoms with Crippen molar-refractivity contribution >= 4 is 11.8 Å². The molecule has 1 aliphatic rings. The SMILES string of the molecule is CN1C(=O)CO[C@@H](C(=O)NCCCc2ccccc2)[C@@H]1c1ccccc1. The number of nitrogens with zero attached hydrogens (tertiary/aromatic N) is 1. The Morgan fingerprint density at radius 1 is 1.12 bits per heavy atom. The summed E-state index contributed by atoms with van der Waals surface area (Å²) in [5.74, 6) is -0.293. The third-order valence-electron chi connectivity index (χ3n) is 4.67. The molecule has 0 spiro atoms. The summed E-state index contributed by atoms with van der Waals surface area (Å²) in [5.41, 5.74) is 2.15. The molecule has 0 radical (unpaired) electrons. The number of morpholine rings is 1. The molecule has 1 N–H and O–H groups in total. The first-order chi connectivity index (χ1) is 12.7. The van der Waals surface area contributed by atoms with Crippen molar-refractivity contribution in [2.45, 2.75) is 25.0 Å². The van der Waals surface area contributed by atoms with Gasteiger partial charge < -0.3 is 15.0 Å². The Hall–Kier alpha value is -2.66.